The fourth-order valence-electron chi connectivity index (χ4n) is 1.06. The summed E-state index contributed by atoms with van der Waals surface area (Å²) in [7, 11) is 0. The summed E-state index contributed by atoms with van der Waals surface area (Å²) in [4.78, 5) is 4.01. The summed E-state index contributed by atoms with van der Waals surface area (Å²) >= 11 is 0. The van der Waals surface area contributed by atoms with E-state index in [9.17, 15) is 0 Å². The third-order valence-corrected chi connectivity index (χ3v) is 1.58. The number of hydrogen-bond acceptors (Lipinski definition) is 2. The Bertz CT molecular complexity index is 306. The van der Waals surface area contributed by atoms with Gasteiger partial charge in [-0.2, -0.15) is 0 Å². The molecule has 1 aromatic heterocycles. The second-order valence-electron chi connectivity index (χ2n) is 2.26. The van der Waals surface area contributed by atoms with Crippen LogP contribution in [0.15, 0.2) is 18.5 Å². The zero-order valence-corrected chi connectivity index (χ0v) is 7.54. The van der Waals surface area contributed by atoms with Gasteiger partial charge in [0, 0.05) is 30.4 Å². The standard InChI is InChI=1S/C8H8N2.C2H6/c1-3-9-5-8-6-10-4-2-7(1)8;1-2/h1-3,5-6,10H,4H2;1-2H3. The maximum Gasteiger partial charge on any atom is 0.0360 e. The van der Waals surface area contributed by atoms with Crippen LogP contribution in [0.25, 0.3) is 12.3 Å². The summed E-state index contributed by atoms with van der Waals surface area (Å²) in [6, 6.07) is 2.02. The van der Waals surface area contributed by atoms with E-state index in [1.54, 1.807) is 0 Å². The number of fused-ring (bicyclic) bond motifs is 1. The average molecular weight is 162 g/mol. The van der Waals surface area contributed by atoms with Gasteiger partial charge < -0.3 is 5.32 Å². The molecule has 2 nitrogen and oxygen atoms in total. The SMILES string of the molecule is C1=c2ccncc2=CNC1.CC. The molecule has 0 unspecified atom stereocenters. The Morgan fingerprint density at radius 2 is 2.17 bits per heavy atom. The molecule has 0 saturated heterocycles. The summed E-state index contributed by atoms with van der Waals surface area (Å²) in [6.07, 6.45) is 7.81. The van der Waals surface area contributed by atoms with Gasteiger partial charge in [-0.1, -0.05) is 19.9 Å². The summed E-state index contributed by atoms with van der Waals surface area (Å²) in [5.74, 6) is 0. The average Bonchev–Trinajstić information content (AvgIpc) is 2.21. The van der Waals surface area contributed by atoms with Crippen LogP contribution in [0.1, 0.15) is 13.8 Å². The van der Waals surface area contributed by atoms with E-state index < -0.39 is 0 Å². The van der Waals surface area contributed by atoms with Gasteiger partial charge in [0.15, 0.2) is 0 Å². The van der Waals surface area contributed by atoms with Crippen molar-refractivity contribution in [3.63, 3.8) is 0 Å². The number of hydrogen-bond donors (Lipinski definition) is 1. The van der Waals surface area contributed by atoms with Crippen molar-refractivity contribution in [2.45, 2.75) is 13.8 Å². The van der Waals surface area contributed by atoms with E-state index >= 15 is 0 Å². The van der Waals surface area contributed by atoms with Crippen molar-refractivity contribution in [1.29, 1.82) is 0 Å². The van der Waals surface area contributed by atoms with Gasteiger partial charge in [0.25, 0.3) is 0 Å². The molecular formula is C10H14N2. The molecule has 2 heteroatoms. The van der Waals surface area contributed by atoms with Gasteiger partial charge >= 0.3 is 0 Å². The number of rotatable bonds is 0. The van der Waals surface area contributed by atoms with Gasteiger partial charge in [-0.15, -0.1) is 0 Å². The topological polar surface area (TPSA) is 24.9 Å². The lowest BCUT2D eigenvalue weighted by Gasteiger charge is -2.00. The molecule has 1 N–H and O–H groups in total. The zero-order chi connectivity index (χ0) is 8.81. The molecule has 0 radical (unpaired) electrons. The van der Waals surface area contributed by atoms with Crippen molar-refractivity contribution in [2.75, 3.05) is 6.54 Å². The third-order valence-electron chi connectivity index (χ3n) is 1.58. The lowest BCUT2D eigenvalue weighted by molar-refractivity contribution is 1.04. The Morgan fingerprint density at radius 3 is 2.92 bits per heavy atom. The lowest BCUT2D eigenvalue weighted by Crippen LogP contribution is -2.32. The van der Waals surface area contributed by atoms with Crippen LogP contribution in [0.3, 0.4) is 0 Å². The number of aromatic nitrogens is 1. The summed E-state index contributed by atoms with van der Waals surface area (Å²) in [6.45, 7) is 4.93. The van der Waals surface area contributed by atoms with E-state index in [0.29, 0.717) is 0 Å². The molecule has 0 atom stereocenters. The minimum absolute atomic E-state index is 0.928. The summed E-state index contributed by atoms with van der Waals surface area (Å²) in [5, 5.41) is 5.57. The largest absolute Gasteiger partial charge is 0.387 e. The van der Waals surface area contributed by atoms with E-state index in [0.717, 1.165) is 6.54 Å². The molecule has 0 aliphatic carbocycles. The van der Waals surface area contributed by atoms with Crippen molar-refractivity contribution in [2.24, 2.45) is 0 Å². The zero-order valence-electron chi connectivity index (χ0n) is 7.54. The van der Waals surface area contributed by atoms with Crippen LogP contribution >= 0.6 is 0 Å². The molecule has 0 amide bonds. The monoisotopic (exact) mass is 162 g/mol. The maximum atomic E-state index is 4.01. The van der Waals surface area contributed by atoms with Crippen LogP contribution in [-0.2, 0) is 0 Å². The predicted octanol–water partition coefficient (Wildman–Crippen LogP) is 0.230. The quantitative estimate of drug-likeness (QED) is 0.590. The number of nitrogens with one attached hydrogen (secondary N) is 1. The molecule has 0 aromatic carbocycles. The van der Waals surface area contributed by atoms with Crippen molar-refractivity contribution in [3.05, 3.63) is 28.9 Å². The van der Waals surface area contributed by atoms with Gasteiger partial charge in [0.1, 0.15) is 0 Å². The first-order valence-corrected chi connectivity index (χ1v) is 4.30. The van der Waals surface area contributed by atoms with Crippen LogP contribution in [0, 0.1) is 0 Å². The van der Waals surface area contributed by atoms with Gasteiger partial charge in [-0.05, 0) is 11.3 Å². The summed E-state index contributed by atoms with van der Waals surface area (Å²) < 4.78 is 0. The highest BCUT2D eigenvalue weighted by atomic mass is 14.8. The van der Waals surface area contributed by atoms with Crippen LogP contribution in [0.4, 0.5) is 0 Å². The highest BCUT2D eigenvalue weighted by molar-refractivity contribution is 5.36. The Hall–Kier alpha value is -1.31. The fraction of sp³-hybridized carbons (Fsp3) is 0.300. The second kappa shape index (κ2) is 4.54. The third kappa shape index (κ3) is 1.84. The Kier molecular flexibility index (Phi) is 3.33. The molecule has 64 valence electrons. The molecule has 0 fully saturated rings. The molecule has 0 spiro atoms. The van der Waals surface area contributed by atoms with Gasteiger partial charge in [-0.3, -0.25) is 4.98 Å². The Balaban J connectivity index is 0.000000336. The second-order valence-corrected chi connectivity index (χ2v) is 2.26. The summed E-state index contributed by atoms with van der Waals surface area (Å²) in [5.41, 5.74) is 0. The van der Waals surface area contributed by atoms with E-state index in [2.05, 4.69) is 16.4 Å². The van der Waals surface area contributed by atoms with Crippen LogP contribution in [0.5, 0.6) is 0 Å². The maximum absolute atomic E-state index is 4.01. The molecule has 0 bridgehead atoms. The first kappa shape index (κ1) is 8.78. The first-order chi connectivity index (χ1) is 5.97. The smallest absolute Gasteiger partial charge is 0.0360 e. The Labute approximate surface area is 72.6 Å². The first-order valence-electron chi connectivity index (χ1n) is 4.30. The van der Waals surface area contributed by atoms with E-state index in [4.69, 9.17) is 0 Å². The van der Waals surface area contributed by atoms with Crippen molar-refractivity contribution in [3.8, 4) is 0 Å². The predicted molar refractivity (Wildman–Crippen MR) is 51.8 cm³/mol. The minimum Gasteiger partial charge on any atom is -0.387 e. The molecule has 1 aliphatic heterocycles. The minimum atomic E-state index is 0.928. The number of nitrogens with zero attached hydrogens (tertiary/aromatic N) is 1. The van der Waals surface area contributed by atoms with Gasteiger partial charge in [0.2, 0.25) is 0 Å². The molecular weight excluding hydrogens is 148 g/mol. The van der Waals surface area contributed by atoms with E-state index in [1.165, 1.54) is 10.4 Å². The van der Waals surface area contributed by atoms with Crippen molar-refractivity contribution < 1.29 is 0 Å². The van der Waals surface area contributed by atoms with Gasteiger partial charge in [0.05, 0.1) is 0 Å². The molecule has 0 saturated carbocycles. The molecule has 2 heterocycles. The number of pyridine rings is 1. The van der Waals surface area contributed by atoms with Gasteiger partial charge in [-0.25, -0.2) is 0 Å². The van der Waals surface area contributed by atoms with Crippen molar-refractivity contribution >= 4 is 12.3 Å². The van der Waals surface area contributed by atoms with Crippen LogP contribution in [-0.4, -0.2) is 11.5 Å². The Morgan fingerprint density at radius 1 is 1.33 bits per heavy atom. The molecule has 1 aromatic rings. The van der Waals surface area contributed by atoms with E-state index in [-0.39, 0.29) is 0 Å². The normalized spacial score (nSPS) is 12.2. The highest BCUT2D eigenvalue weighted by Gasteiger charge is 1.88. The van der Waals surface area contributed by atoms with Crippen molar-refractivity contribution in [1.82, 2.24) is 10.3 Å². The van der Waals surface area contributed by atoms with Crippen LogP contribution < -0.4 is 15.8 Å². The molecule has 1 aliphatic rings. The lowest BCUT2D eigenvalue weighted by atomic mass is 10.2. The molecule has 2 rings (SSSR count). The van der Waals surface area contributed by atoms with Crippen LogP contribution in [0.2, 0.25) is 0 Å². The van der Waals surface area contributed by atoms with E-state index in [1.807, 2.05) is 38.5 Å². The highest BCUT2D eigenvalue weighted by Crippen LogP contribution is 1.71. The fourth-order valence-corrected chi connectivity index (χ4v) is 1.06. The molecule has 12 heavy (non-hydrogen) atoms.